The minimum atomic E-state index is -1.35. The fraction of sp³-hybridized carbons (Fsp3) is 0.512. The quantitative estimate of drug-likeness (QED) is 0.0574. The molecule has 2 aromatic rings. The van der Waals surface area contributed by atoms with Crippen molar-refractivity contribution >= 4 is 59.1 Å². The first-order valence-corrected chi connectivity index (χ1v) is 19.3. The van der Waals surface area contributed by atoms with Crippen molar-refractivity contribution in [3.63, 3.8) is 0 Å². The number of anilines is 2. The molecule has 0 unspecified atom stereocenters. The highest BCUT2D eigenvalue weighted by molar-refractivity contribution is 5.98. The summed E-state index contributed by atoms with van der Waals surface area (Å²) in [6.45, 7) is 9.52. The zero-order valence-corrected chi connectivity index (χ0v) is 35.2. The highest BCUT2D eigenvalue weighted by Crippen LogP contribution is 2.24. The van der Waals surface area contributed by atoms with E-state index >= 15 is 0 Å². The number of amides is 6. The van der Waals surface area contributed by atoms with Gasteiger partial charge in [0.05, 0.1) is 19.8 Å². The van der Waals surface area contributed by atoms with Gasteiger partial charge >= 0.3 is 24.1 Å². The summed E-state index contributed by atoms with van der Waals surface area (Å²) in [6.07, 6.45) is 3.44. The molecule has 0 saturated heterocycles. The molecule has 324 valence electrons. The van der Waals surface area contributed by atoms with Crippen LogP contribution in [0.3, 0.4) is 0 Å². The summed E-state index contributed by atoms with van der Waals surface area (Å²) in [6, 6.07) is 11.7. The number of ether oxygens (including phenoxy) is 3. The van der Waals surface area contributed by atoms with Crippen molar-refractivity contribution in [3.05, 3.63) is 59.7 Å². The number of benzene rings is 2. The lowest BCUT2D eigenvalue weighted by Gasteiger charge is -2.40. The first-order chi connectivity index (χ1) is 27.7. The van der Waals surface area contributed by atoms with E-state index in [9.17, 15) is 38.4 Å². The smallest absolute Gasteiger partial charge is 0.464 e. The summed E-state index contributed by atoms with van der Waals surface area (Å²) in [5, 5.41) is 6.74. The fourth-order valence-electron chi connectivity index (χ4n) is 5.22. The van der Waals surface area contributed by atoms with Crippen LogP contribution in [0.5, 0.6) is 0 Å². The zero-order valence-electron chi connectivity index (χ0n) is 35.2. The summed E-state index contributed by atoms with van der Waals surface area (Å²) < 4.78 is 14.7. The van der Waals surface area contributed by atoms with Gasteiger partial charge in [-0.15, -0.1) is 0 Å². The average molecular weight is 827 g/mol. The van der Waals surface area contributed by atoms with E-state index in [1.54, 1.807) is 41.5 Å². The predicted octanol–water partition coefficient (Wildman–Crippen LogP) is 6.58. The Morgan fingerprint density at radius 2 is 0.983 bits per heavy atom. The molecule has 6 amide bonds. The minimum Gasteiger partial charge on any atom is -0.469 e. The maximum absolute atomic E-state index is 14.0. The molecule has 0 bridgehead atoms. The van der Waals surface area contributed by atoms with Crippen LogP contribution in [0.2, 0.25) is 0 Å². The highest BCUT2D eigenvalue weighted by atomic mass is 16.8. The minimum absolute atomic E-state index is 0.0777. The second kappa shape index (κ2) is 23.9. The van der Waals surface area contributed by atoms with E-state index in [0.29, 0.717) is 42.2 Å². The molecule has 4 N–H and O–H groups in total. The average Bonchev–Trinajstić information content (AvgIpc) is 3.17. The number of hydrazine groups is 2. The van der Waals surface area contributed by atoms with Crippen LogP contribution in [0, 0.1) is 0 Å². The molecule has 0 aliphatic rings. The van der Waals surface area contributed by atoms with Gasteiger partial charge in [0.1, 0.15) is 5.60 Å². The van der Waals surface area contributed by atoms with Crippen molar-refractivity contribution in [2.24, 2.45) is 0 Å². The molecule has 18 heteroatoms. The standard InChI is InChI=1S/C41H58N6O12/c1-40(2,3)46(37(53)29-22-26-31(27-23-29)43-32(48)16-12-10-9-11-13-18-34(50)56-7)47(39(55)58-41(4,5)6)59-38(54)45-44-36(52)28-20-24-30(25-21-28)42-33(49)17-14-15-19-35(51)57-8/h20-27H,9-19H2,1-8H3,(H,42,49)(H,43,48)(H,44,52)(H,45,54). The van der Waals surface area contributed by atoms with Crippen molar-refractivity contribution in [1.82, 2.24) is 21.0 Å². The van der Waals surface area contributed by atoms with Gasteiger partial charge in [-0.25, -0.2) is 20.0 Å². The normalized spacial score (nSPS) is 11.0. The lowest BCUT2D eigenvalue weighted by atomic mass is 10.1. The van der Waals surface area contributed by atoms with E-state index in [1.165, 1.54) is 62.8 Å². The number of nitrogens with one attached hydrogen (secondary N) is 4. The number of rotatable bonds is 17. The SMILES string of the molecule is COC(=O)CCCCCCCC(=O)Nc1ccc(C(=O)N(N(OC(=O)NNC(=O)c2ccc(NC(=O)CCCCC(=O)OC)cc2)C(=O)OC(C)(C)C)C(C)(C)C)cc1. The first-order valence-electron chi connectivity index (χ1n) is 19.3. The molecule has 0 heterocycles. The Kier molecular flexibility index (Phi) is 19.8. The number of esters is 2. The molecule has 2 rings (SSSR count). The lowest BCUT2D eigenvalue weighted by Crippen LogP contribution is -2.60. The number of hydroxylamine groups is 1. The third-order valence-electron chi connectivity index (χ3n) is 8.13. The van der Waals surface area contributed by atoms with Crippen LogP contribution in [0.1, 0.15) is 133 Å². The second-order valence-corrected chi connectivity index (χ2v) is 15.4. The zero-order chi connectivity index (χ0) is 44.2. The number of carbonyl (C=O) groups excluding carboxylic acids is 8. The number of hydrogen-bond acceptors (Lipinski definition) is 12. The Labute approximate surface area is 344 Å². The van der Waals surface area contributed by atoms with Gasteiger partial charge in [-0.1, -0.05) is 19.3 Å². The summed E-state index contributed by atoms with van der Waals surface area (Å²) in [5.41, 5.74) is 2.99. The molecule has 18 nitrogen and oxygen atoms in total. The van der Waals surface area contributed by atoms with Crippen molar-refractivity contribution in [1.29, 1.82) is 0 Å². The maximum atomic E-state index is 14.0. The molecule has 0 fully saturated rings. The van der Waals surface area contributed by atoms with Crippen molar-refractivity contribution in [3.8, 4) is 0 Å². The maximum Gasteiger partial charge on any atom is 0.464 e. The van der Waals surface area contributed by atoms with Gasteiger partial charge in [0, 0.05) is 48.2 Å². The molecule has 0 atom stereocenters. The third-order valence-corrected chi connectivity index (χ3v) is 8.13. The topological polar surface area (TPSA) is 228 Å². The van der Waals surface area contributed by atoms with E-state index in [1.807, 2.05) is 0 Å². The third kappa shape index (κ3) is 18.7. The summed E-state index contributed by atoms with van der Waals surface area (Å²) in [4.78, 5) is 106. The number of carbonyl (C=O) groups is 8. The molecule has 0 radical (unpaired) electrons. The highest BCUT2D eigenvalue weighted by Gasteiger charge is 2.41. The van der Waals surface area contributed by atoms with Crippen molar-refractivity contribution in [2.45, 2.75) is 123 Å². The molecule has 0 aliphatic heterocycles. The van der Waals surface area contributed by atoms with E-state index in [0.717, 1.165) is 30.7 Å². The molecule has 59 heavy (non-hydrogen) atoms. The summed E-state index contributed by atoms with van der Waals surface area (Å²) >= 11 is 0. The van der Waals surface area contributed by atoms with E-state index in [2.05, 4.69) is 31.0 Å². The molecular formula is C41H58N6O12. The Bertz CT molecular complexity index is 1750. The van der Waals surface area contributed by atoms with Gasteiger partial charge < -0.3 is 24.8 Å². The molecule has 0 aliphatic carbocycles. The number of nitrogens with zero attached hydrogens (tertiary/aromatic N) is 2. The molecular weight excluding hydrogens is 768 g/mol. The summed E-state index contributed by atoms with van der Waals surface area (Å²) in [5.74, 6) is -2.61. The lowest BCUT2D eigenvalue weighted by molar-refractivity contribution is -0.223. The Hall–Kier alpha value is -6.20. The van der Waals surface area contributed by atoms with Gasteiger partial charge in [0.25, 0.3) is 11.8 Å². The van der Waals surface area contributed by atoms with Crippen LogP contribution in [0.25, 0.3) is 0 Å². The summed E-state index contributed by atoms with van der Waals surface area (Å²) in [7, 11) is 2.65. The largest absolute Gasteiger partial charge is 0.469 e. The van der Waals surface area contributed by atoms with E-state index < -0.39 is 35.1 Å². The molecule has 0 aromatic heterocycles. The van der Waals surface area contributed by atoms with Crippen LogP contribution >= 0.6 is 0 Å². The number of unbranched alkanes of at least 4 members (excludes halogenated alkanes) is 5. The number of hydrogen-bond donors (Lipinski definition) is 4. The van der Waals surface area contributed by atoms with Gasteiger partial charge in [-0.05, 0) is 121 Å². The van der Waals surface area contributed by atoms with E-state index in [-0.39, 0.29) is 54.1 Å². The monoisotopic (exact) mass is 826 g/mol. The van der Waals surface area contributed by atoms with Crippen LogP contribution in [0.4, 0.5) is 21.0 Å². The van der Waals surface area contributed by atoms with Gasteiger partial charge in [0.15, 0.2) is 0 Å². The van der Waals surface area contributed by atoms with Gasteiger partial charge in [0.2, 0.25) is 11.8 Å². The van der Waals surface area contributed by atoms with Crippen LogP contribution in [-0.2, 0) is 38.2 Å². The van der Waals surface area contributed by atoms with E-state index in [4.69, 9.17) is 9.57 Å². The van der Waals surface area contributed by atoms with Crippen LogP contribution in [0.15, 0.2) is 48.5 Å². The van der Waals surface area contributed by atoms with Crippen molar-refractivity contribution in [2.75, 3.05) is 24.9 Å². The molecule has 0 spiro atoms. The second-order valence-electron chi connectivity index (χ2n) is 15.4. The van der Waals surface area contributed by atoms with Crippen LogP contribution < -0.4 is 21.5 Å². The Morgan fingerprint density at radius 1 is 0.559 bits per heavy atom. The van der Waals surface area contributed by atoms with Gasteiger partial charge in [-0.3, -0.25) is 39.0 Å². The molecule has 2 aromatic carbocycles. The predicted molar refractivity (Wildman–Crippen MR) is 216 cm³/mol. The molecule has 0 saturated carbocycles. The Balaban J connectivity index is 2.06. The van der Waals surface area contributed by atoms with Crippen LogP contribution in [-0.4, -0.2) is 83.3 Å². The number of methoxy groups -OCH3 is 2. The Morgan fingerprint density at radius 3 is 1.44 bits per heavy atom. The van der Waals surface area contributed by atoms with Gasteiger partial charge in [-0.2, -0.15) is 0 Å². The first kappa shape index (κ1) is 48.9. The fourth-order valence-corrected chi connectivity index (χ4v) is 5.22. The van der Waals surface area contributed by atoms with Crippen molar-refractivity contribution < 1.29 is 57.4 Å².